The first kappa shape index (κ1) is 24.7. The molecule has 0 saturated heterocycles. The van der Waals surface area contributed by atoms with Gasteiger partial charge in [0.05, 0.1) is 5.69 Å². The largest absolute Gasteiger partial charge is 0.451 e. The average Bonchev–Trinajstić information content (AvgIpc) is 3.51. The average molecular weight is 499 g/mol. The molecule has 0 fully saturated rings. The minimum atomic E-state index is -0.703. The zero-order valence-electron chi connectivity index (χ0n) is 19.7. The number of likely N-dealkylation sites (N-methyl/N-ethyl adjacent to an activating group) is 1. The lowest BCUT2D eigenvalue weighted by atomic mass is 10.0. The number of benzene rings is 1. The van der Waals surface area contributed by atoms with E-state index in [-0.39, 0.29) is 23.1 Å². The van der Waals surface area contributed by atoms with Crippen molar-refractivity contribution in [3.63, 3.8) is 0 Å². The summed E-state index contributed by atoms with van der Waals surface area (Å²) in [6.07, 6.45) is 2.47. The molecule has 8 nitrogen and oxygen atoms in total. The van der Waals surface area contributed by atoms with E-state index in [1.807, 2.05) is 13.8 Å². The minimum absolute atomic E-state index is 0.0289. The third-order valence-electron chi connectivity index (χ3n) is 5.93. The molecule has 4 rings (SSSR count). The number of carbonyl (C=O) groups is 2. The molecule has 0 aliphatic heterocycles. The summed E-state index contributed by atoms with van der Waals surface area (Å²) in [5.74, 6) is -0.702. The van der Waals surface area contributed by atoms with E-state index in [1.165, 1.54) is 30.9 Å². The van der Waals surface area contributed by atoms with Crippen molar-refractivity contribution in [2.75, 3.05) is 7.05 Å². The summed E-state index contributed by atoms with van der Waals surface area (Å²) in [5, 5.41) is 5.68. The van der Waals surface area contributed by atoms with Gasteiger partial charge in [0.25, 0.3) is 11.5 Å². The van der Waals surface area contributed by atoms with Crippen LogP contribution >= 0.6 is 11.8 Å². The molecule has 35 heavy (non-hydrogen) atoms. The Morgan fingerprint density at radius 1 is 1.23 bits per heavy atom. The summed E-state index contributed by atoms with van der Waals surface area (Å²) in [6, 6.07) is 7.07. The highest BCUT2D eigenvalue weighted by Crippen LogP contribution is 2.28. The van der Waals surface area contributed by atoms with Crippen molar-refractivity contribution < 1.29 is 18.4 Å². The second-order valence-corrected chi connectivity index (χ2v) is 9.68. The van der Waals surface area contributed by atoms with Crippen LogP contribution in [-0.4, -0.2) is 34.9 Å². The monoisotopic (exact) mass is 498 g/mol. The third kappa shape index (κ3) is 5.48. The van der Waals surface area contributed by atoms with Crippen LogP contribution in [0.15, 0.2) is 44.7 Å². The molecule has 1 unspecified atom stereocenters. The van der Waals surface area contributed by atoms with E-state index in [2.05, 4.69) is 20.6 Å². The van der Waals surface area contributed by atoms with Gasteiger partial charge in [-0.1, -0.05) is 37.7 Å². The predicted molar refractivity (Wildman–Crippen MR) is 131 cm³/mol. The lowest BCUT2D eigenvalue weighted by Crippen LogP contribution is -2.48. The third-order valence-corrected chi connectivity index (χ3v) is 6.86. The van der Waals surface area contributed by atoms with E-state index in [9.17, 15) is 18.8 Å². The highest BCUT2D eigenvalue weighted by Gasteiger charge is 2.25. The van der Waals surface area contributed by atoms with Crippen LogP contribution in [0, 0.1) is 11.7 Å². The Hall–Kier alpha value is -3.40. The number of thioether (sulfide) groups is 1. The molecular formula is C25H27FN4O4S. The summed E-state index contributed by atoms with van der Waals surface area (Å²) in [7, 11) is 1.51. The fraction of sp³-hybridized carbons (Fsp3) is 0.360. The molecule has 1 atom stereocenters. The number of furan rings is 1. The fourth-order valence-corrected chi connectivity index (χ4v) is 4.83. The maximum atomic E-state index is 14.8. The number of hydrogen-bond acceptors (Lipinski definition) is 6. The number of aromatic nitrogens is 2. The van der Waals surface area contributed by atoms with Crippen LogP contribution in [0.4, 0.5) is 4.39 Å². The Kier molecular flexibility index (Phi) is 7.39. The molecule has 0 radical (unpaired) electrons. The van der Waals surface area contributed by atoms with Gasteiger partial charge in [-0.25, -0.2) is 9.37 Å². The summed E-state index contributed by atoms with van der Waals surface area (Å²) in [5.41, 5.74) is 2.41. The Morgan fingerprint density at radius 2 is 2.03 bits per heavy atom. The number of fused-ring (bicyclic) bond motifs is 1. The standard InChI is InChI=1S/C25H27FN4O4S/c1-13(2)21(24(33)27-3)29-23(32)20-10-9-19(34-20)14-7-8-15(17(26)11-14)12-35-25-28-18-6-4-5-16(18)22(31)30-25/h7-11,13,21H,4-6,12H2,1-3H3,(H,27,33)(H,29,32)(H,28,30,31). The number of rotatable bonds is 8. The SMILES string of the molecule is CNC(=O)C(NC(=O)c1ccc(-c2ccc(CSc3nc4c(c(=O)[nH]3)CCC4)c(F)c2)o1)C(C)C. The summed E-state index contributed by atoms with van der Waals surface area (Å²) in [6.45, 7) is 3.66. The second-order valence-electron chi connectivity index (χ2n) is 8.72. The molecule has 1 aliphatic carbocycles. The van der Waals surface area contributed by atoms with Crippen molar-refractivity contribution in [2.45, 2.75) is 50.1 Å². The first-order valence-corrected chi connectivity index (χ1v) is 12.4. The summed E-state index contributed by atoms with van der Waals surface area (Å²) in [4.78, 5) is 44.0. The van der Waals surface area contributed by atoms with Gasteiger partial charge in [-0.15, -0.1) is 0 Å². The molecular weight excluding hydrogens is 471 g/mol. The number of carbonyl (C=O) groups excluding carboxylic acids is 2. The molecule has 1 aliphatic rings. The number of aryl methyl sites for hydroxylation is 1. The number of aromatic amines is 1. The molecule has 2 heterocycles. The molecule has 184 valence electrons. The Balaban J connectivity index is 1.43. The zero-order chi connectivity index (χ0) is 25.1. The van der Waals surface area contributed by atoms with Crippen molar-refractivity contribution in [1.82, 2.24) is 20.6 Å². The number of amides is 2. The smallest absolute Gasteiger partial charge is 0.287 e. The highest BCUT2D eigenvalue weighted by atomic mass is 32.2. The summed E-state index contributed by atoms with van der Waals surface area (Å²) >= 11 is 1.27. The maximum Gasteiger partial charge on any atom is 0.287 e. The first-order chi connectivity index (χ1) is 16.8. The Bertz CT molecular complexity index is 1320. The number of nitrogens with zero attached hydrogens (tertiary/aromatic N) is 1. The highest BCUT2D eigenvalue weighted by molar-refractivity contribution is 7.98. The van der Waals surface area contributed by atoms with Gasteiger partial charge >= 0.3 is 0 Å². The van der Waals surface area contributed by atoms with Gasteiger partial charge < -0.3 is 20.0 Å². The van der Waals surface area contributed by atoms with Crippen molar-refractivity contribution >= 4 is 23.6 Å². The number of halogens is 1. The van der Waals surface area contributed by atoms with E-state index < -0.39 is 17.8 Å². The molecule has 3 aromatic rings. The van der Waals surface area contributed by atoms with Crippen molar-refractivity contribution in [3.05, 3.63) is 69.1 Å². The van der Waals surface area contributed by atoms with Gasteiger partial charge in [0.1, 0.15) is 17.6 Å². The fourth-order valence-electron chi connectivity index (χ4n) is 3.97. The van der Waals surface area contributed by atoms with Gasteiger partial charge in [-0.3, -0.25) is 14.4 Å². The van der Waals surface area contributed by atoms with Gasteiger partial charge in [0.15, 0.2) is 10.9 Å². The van der Waals surface area contributed by atoms with E-state index in [0.717, 1.165) is 30.5 Å². The first-order valence-electron chi connectivity index (χ1n) is 11.4. The molecule has 0 spiro atoms. The van der Waals surface area contributed by atoms with Crippen molar-refractivity contribution in [3.8, 4) is 11.3 Å². The van der Waals surface area contributed by atoms with Gasteiger partial charge in [-0.05, 0) is 48.9 Å². The number of H-pyrrole nitrogens is 1. The lowest BCUT2D eigenvalue weighted by molar-refractivity contribution is -0.123. The number of hydrogen-bond donors (Lipinski definition) is 3. The molecule has 10 heteroatoms. The minimum Gasteiger partial charge on any atom is -0.451 e. The van der Waals surface area contributed by atoms with Crippen LogP contribution < -0.4 is 16.2 Å². The van der Waals surface area contributed by atoms with Crippen LogP contribution in [-0.2, 0) is 23.4 Å². The van der Waals surface area contributed by atoms with E-state index in [0.29, 0.717) is 27.8 Å². The molecule has 0 bridgehead atoms. The van der Waals surface area contributed by atoms with E-state index in [1.54, 1.807) is 18.2 Å². The lowest BCUT2D eigenvalue weighted by Gasteiger charge is -2.19. The quantitative estimate of drug-likeness (QED) is 0.324. The molecule has 2 aromatic heterocycles. The molecule has 0 saturated carbocycles. The normalized spacial score (nSPS) is 13.5. The second kappa shape index (κ2) is 10.5. The molecule has 2 amide bonds. The molecule has 1 aromatic carbocycles. The topological polar surface area (TPSA) is 117 Å². The van der Waals surface area contributed by atoms with Crippen LogP contribution in [0.1, 0.15) is 47.6 Å². The maximum absolute atomic E-state index is 14.8. The van der Waals surface area contributed by atoms with Crippen molar-refractivity contribution in [2.24, 2.45) is 5.92 Å². The van der Waals surface area contributed by atoms with Gasteiger partial charge in [0.2, 0.25) is 5.91 Å². The predicted octanol–water partition coefficient (Wildman–Crippen LogP) is 3.45. The van der Waals surface area contributed by atoms with Crippen LogP contribution in [0.5, 0.6) is 0 Å². The zero-order valence-corrected chi connectivity index (χ0v) is 20.6. The van der Waals surface area contributed by atoms with Crippen LogP contribution in [0.2, 0.25) is 0 Å². The van der Waals surface area contributed by atoms with Gasteiger partial charge in [-0.2, -0.15) is 0 Å². The number of nitrogens with one attached hydrogen (secondary N) is 3. The van der Waals surface area contributed by atoms with Crippen LogP contribution in [0.3, 0.4) is 0 Å². The molecule has 3 N–H and O–H groups in total. The Labute approximate surface area is 206 Å². The summed E-state index contributed by atoms with van der Waals surface area (Å²) < 4.78 is 20.5. The Morgan fingerprint density at radius 3 is 2.74 bits per heavy atom. The van der Waals surface area contributed by atoms with Gasteiger partial charge in [0, 0.05) is 23.9 Å². The van der Waals surface area contributed by atoms with E-state index >= 15 is 0 Å². The van der Waals surface area contributed by atoms with E-state index in [4.69, 9.17) is 4.42 Å². The van der Waals surface area contributed by atoms with Crippen molar-refractivity contribution in [1.29, 1.82) is 0 Å². The van der Waals surface area contributed by atoms with Crippen LogP contribution in [0.25, 0.3) is 11.3 Å².